The van der Waals surface area contributed by atoms with E-state index in [1.165, 1.54) is 12.1 Å². The fraction of sp³-hybridized carbons (Fsp3) is 0.318. The van der Waals surface area contributed by atoms with Crippen molar-refractivity contribution < 1.29 is 9.13 Å². The molecule has 0 saturated carbocycles. The van der Waals surface area contributed by atoms with Crippen molar-refractivity contribution in [1.29, 1.82) is 0 Å². The van der Waals surface area contributed by atoms with Crippen LogP contribution < -0.4 is 10.2 Å². The highest BCUT2D eigenvalue weighted by Gasteiger charge is 2.29. The van der Waals surface area contributed by atoms with Gasteiger partial charge in [-0.25, -0.2) is 9.38 Å². The maximum atomic E-state index is 13.5. The Labute approximate surface area is 160 Å². The van der Waals surface area contributed by atoms with E-state index in [1.54, 1.807) is 19.2 Å². The highest BCUT2D eigenvalue weighted by molar-refractivity contribution is 6.15. The number of ether oxygens (including phenoxy) is 1. The van der Waals surface area contributed by atoms with E-state index in [-0.39, 0.29) is 11.9 Å². The lowest BCUT2D eigenvalue weighted by Gasteiger charge is -2.36. The molecule has 0 amide bonds. The van der Waals surface area contributed by atoms with Crippen molar-refractivity contribution in [3.05, 3.63) is 66.0 Å². The Balaban J connectivity index is 2.09. The van der Waals surface area contributed by atoms with Crippen LogP contribution in [0.3, 0.4) is 0 Å². The zero-order chi connectivity index (χ0) is 19.2. The molecule has 0 fully saturated rings. The van der Waals surface area contributed by atoms with Gasteiger partial charge in [0.25, 0.3) is 0 Å². The molecule has 0 radical (unpaired) electrons. The number of aliphatic imine (C=N–C) groups is 1. The third-order valence-electron chi connectivity index (χ3n) is 4.51. The number of allylic oxidation sites excluding steroid dienone is 1. The lowest BCUT2D eigenvalue weighted by atomic mass is 10.0. The fourth-order valence-corrected chi connectivity index (χ4v) is 3.22. The molecule has 0 spiro atoms. The average molecular weight is 367 g/mol. The molecular formula is C22H26FN3O. The van der Waals surface area contributed by atoms with Gasteiger partial charge in [-0.05, 0) is 43.7 Å². The van der Waals surface area contributed by atoms with Crippen molar-refractivity contribution in [2.45, 2.75) is 26.3 Å². The van der Waals surface area contributed by atoms with E-state index >= 15 is 0 Å². The van der Waals surface area contributed by atoms with Crippen LogP contribution in [0.4, 0.5) is 15.8 Å². The van der Waals surface area contributed by atoms with Gasteiger partial charge in [-0.15, -0.1) is 0 Å². The van der Waals surface area contributed by atoms with Gasteiger partial charge in [-0.1, -0.05) is 31.2 Å². The molecule has 2 aromatic rings. The number of nitrogens with zero attached hydrogens (tertiary/aromatic N) is 2. The van der Waals surface area contributed by atoms with E-state index in [4.69, 9.17) is 9.73 Å². The first-order valence-corrected chi connectivity index (χ1v) is 9.31. The molecule has 0 aliphatic carbocycles. The Kier molecular flexibility index (Phi) is 6.37. The van der Waals surface area contributed by atoms with Gasteiger partial charge < -0.3 is 10.1 Å². The van der Waals surface area contributed by atoms with Gasteiger partial charge in [-0.2, -0.15) is 0 Å². The molecule has 142 valence electrons. The number of amidine groups is 1. The second-order valence-electron chi connectivity index (χ2n) is 6.47. The van der Waals surface area contributed by atoms with E-state index in [0.717, 1.165) is 41.4 Å². The number of methoxy groups -OCH3 is 1. The predicted molar refractivity (Wildman–Crippen MR) is 110 cm³/mol. The van der Waals surface area contributed by atoms with Gasteiger partial charge in [0.05, 0.1) is 24.0 Å². The number of rotatable bonds is 7. The van der Waals surface area contributed by atoms with E-state index in [0.29, 0.717) is 6.61 Å². The minimum atomic E-state index is -0.248. The third kappa shape index (κ3) is 4.26. The molecular weight excluding hydrogens is 341 g/mol. The monoisotopic (exact) mass is 367 g/mol. The van der Waals surface area contributed by atoms with Crippen LogP contribution in [0.15, 0.2) is 59.6 Å². The lowest BCUT2D eigenvalue weighted by molar-refractivity contribution is 0.198. The first-order chi connectivity index (χ1) is 13.2. The molecule has 0 bridgehead atoms. The number of halogens is 1. The number of para-hydroxylation sites is 1. The highest BCUT2D eigenvalue weighted by Crippen LogP contribution is 2.38. The number of anilines is 1. The molecule has 27 heavy (non-hydrogen) atoms. The fourth-order valence-electron chi connectivity index (χ4n) is 3.22. The van der Waals surface area contributed by atoms with Crippen LogP contribution in [0.5, 0.6) is 0 Å². The summed E-state index contributed by atoms with van der Waals surface area (Å²) in [6.07, 6.45) is 3.08. The molecule has 1 aliphatic heterocycles. The standard InChI is InChI=1S/C22H26FN3O/c1-4-7-21-19-8-5-6-9-20(19)25-22(16(2)24-14-15-27-3)26(21)18-12-10-17(23)11-13-18/h5-13,16,24H,4,14-15H2,1-3H3. The second-order valence-corrected chi connectivity index (χ2v) is 6.47. The lowest BCUT2D eigenvalue weighted by Crippen LogP contribution is -2.46. The number of hydrogen-bond donors (Lipinski definition) is 1. The summed E-state index contributed by atoms with van der Waals surface area (Å²) >= 11 is 0. The van der Waals surface area contributed by atoms with Gasteiger partial charge in [-0.3, -0.25) is 4.90 Å². The van der Waals surface area contributed by atoms with Gasteiger partial charge in [0.15, 0.2) is 0 Å². The van der Waals surface area contributed by atoms with E-state index in [2.05, 4.69) is 36.2 Å². The Morgan fingerprint density at radius 1 is 1.19 bits per heavy atom. The highest BCUT2D eigenvalue weighted by atomic mass is 19.1. The molecule has 2 aromatic carbocycles. The number of nitrogens with one attached hydrogen (secondary N) is 1. The summed E-state index contributed by atoms with van der Waals surface area (Å²) in [5.41, 5.74) is 4.00. The van der Waals surface area contributed by atoms with Gasteiger partial charge in [0.1, 0.15) is 11.7 Å². The van der Waals surface area contributed by atoms with Gasteiger partial charge >= 0.3 is 0 Å². The minimum Gasteiger partial charge on any atom is -0.383 e. The molecule has 4 nitrogen and oxygen atoms in total. The van der Waals surface area contributed by atoms with Crippen molar-refractivity contribution in [3.63, 3.8) is 0 Å². The van der Waals surface area contributed by atoms with Crippen LogP contribution in [0.2, 0.25) is 0 Å². The average Bonchev–Trinajstić information content (AvgIpc) is 2.69. The smallest absolute Gasteiger partial charge is 0.131 e. The molecule has 3 rings (SSSR count). The molecule has 1 unspecified atom stereocenters. The summed E-state index contributed by atoms with van der Waals surface area (Å²) in [4.78, 5) is 7.06. The molecule has 1 atom stereocenters. The number of fused-ring (bicyclic) bond motifs is 1. The van der Waals surface area contributed by atoms with Crippen LogP contribution in [-0.2, 0) is 4.74 Å². The summed E-state index contributed by atoms with van der Waals surface area (Å²) in [7, 11) is 1.69. The van der Waals surface area contributed by atoms with Crippen molar-refractivity contribution in [2.24, 2.45) is 4.99 Å². The normalized spacial score (nSPS) is 16.2. The summed E-state index contributed by atoms with van der Waals surface area (Å²) in [5, 5.41) is 3.46. The largest absolute Gasteiger partial charge is 0.383 e. The Hall–Kier alpha value is -2.50. The van der Waals surface area contributed by atoms with Gasteiger partial charge in [0.2, 0.25) is 0 Å². The zero-order valence-electron chi connectivity index (χ0n) is 16.1. The third-order valence-corrected chi connectivity index (χ3v) is 4.51. The molecule has 1 aliphatic rings. The van der Waals surface area contributed by atoms with Crippen LogP contribution >= 0.6 is 0 Å². The van der Waals surface area contributed by atoms with Crippen LogP contribution in [0, 0.1) is 5.82 Å². The quantitative estimate of drug-likeness (QED) is 0.718. The molecule has 5 heteroatoms. The second kappa shape index (κ2) is 8.93. The minimum absolute atomic E-state index is 0.00110. The summed E-state index contributed by atoms with van der Waals surface area (Å²) < 4.78 is 18.7. The maximum absolute atomic E-state index is 13.5. The predicted octanol–water partition coefficient (Wildman–Crippen LogP) is 4.75. The maximum Gasteiger partial charge on any atom is 0.131 e. The van der Waals surface area contributed by atoms with Crippen molar-refractivity contribution in [2.75, 3.05) is 25.2 Å². The molecule has 1 heterocycles. The van der Waals surface area contributed by atoms with Gasteiger partial charge in [0, 0.05) is 24.9 Å². The summed E-state index contributed by atoms with van der Waals surface area (Å²) in [6, 6.07) is 14.7. The van der Waals surface area contributed by atoms with Crippen molar-refractivity contribution in [1.82, 2.24) is 5.32 Å². The van der Waals surface area contributed by atoms with E-state index in [1.807, 2.05) is 18.2 Å². The SMILES string of the molecule is CCC=C1c2ccccc2N=C(C(C)NCCOC)N1c1ccc(F)cc1. The topological polar surface area (TPSA) is 36.9 Å². The molecule has 1 N–H and O–H groups in total. The van der Waals surface area contributed by atoms with Crippen molar-refractivity contribution >= 4 is 22.9 Å². The molecule has 0 aromatic heterocycles. The van der Waals surface area contributed by atoms with E-state index in [9.17, 15) is 4.39 Å². The van der Waals surface area contributed by atoms with Crippen molar-refractivity contribution in [3.8, 4) is 0 Å². The number of benzene rings is 2. The summed E-state index contributed by atoms with van der Waals surface area (Å²) in [6.45, 7) is 5.55. The van der Waals surface area contributed by atoms with Crippen LogP contribution in [0.25, 0.3) is 5.70 Å². The van der Waals surface area contributed by atoms with Crippen LogP contribution in [0.1, 0.15) is 25.8 Å². The molecule has 0 saturated heterocycles. The van der Waals surface area contributed by atoms with Crippen LogP contribution in [-0.4, -0.2) is 32.1 Å². The number of hydrogen-bond acceptors (Lipinski definition) is 4. The summed E-state index contributed by atoms with van der Waals surface area (Å²) in [5.74, 6) is 0.637. The van der Waals surface area contributed by atoms with E-state index < -0.39 is 0 Å². The first-order valence-electron chi connectivity index (χ1n) is 9.31. The Bertz CT molecular complexity index is 830. The Morgan fingerprint density at radius 3 is 2.63 bits per heavy atom. The Morgan fingerprint density at radius 2 is 1.93 bits per heavy atom. The zero-order valence-corrected chi connectivity index (χ0v) is 16.1. The first kappa shape index (κ1) is 19.3.